The molecule has 0 radical (unpaired) electrons. The summed E-state index contributed by atoms with van der Waals surface area (Å²) in [4.78, 5) is 33.0. The Morgan fingerprint density at radius 3 is 0.482 bits per heavy atom. The van der Waals surface area contributed by atoms with Crippen molar-refractivity contribution in [3.8, 4) is 0 Å². The molecule has 0 aliphatic carbocycles. The first-order valence-electron chi connectivity index (χ1n) is 28.9. The second kappa shape index (κ2) is 33.1. The fourth-order valence-electron chi connectivity index (χ4n) is 10.3. The molecule has 0 heterocycles. The molecule has 9 aromatic rings. The average molecular weight is 1180 g/mol. The number of benzene rings is 9. The molecular weight excluding hydrogens is 1090 g/mol. The third-order valence-corrected chi connectivity index (χ3v) is 29.0. The third-order valence-electron chi connectivity index (χ3n) is 15.8. The number of hydrogen-bond donors (Lipinski definition) is 0. The van der Waals surface area contributed by atoms with Crippen LogP contribution in [-0.2, 0) is 4.57 Å². The Morgan fingerprint density at radius 1 is 0.277 bits per heavy atom. The van der Waals surface area contributed by atoms with Gasteiger partial charge in [0.25, 0.3) is 0 Å². The van der Waals surface area contributed by atoms with Crippen molar-refractivity contribution in [2.45, 2.75) is 59.7 Å². The van der Waals surface area contributed by atoms with Crippen LogP contribution in [0, 0.1) is 0 Å². The normalized spacial score (nSPS) is 11.9. The zero-order valence-corrected chi connectivity index (χ0v) is 53.8. The minimum absolute atomic E-state index is 0.555. The van der Waals surface area contributed by atoms with Crippen LogP contribution in [0.4, 0.5) is 0 Å². The highest BCUT2D eigenvalue weighted by atomic mass is 31.2. The standard InChI is InChI=1S/3C24H29NP.H3O4P/c3*1-21(2)25(3)19-20-26(22-13-7-4-8-14-22,23-15-9-5-10-16-23)24-17-11-6-12-18-24;1-5(2,3)4/h3*4-18,21H,19-20H2,1-3H3;(H3,1,2,3,4)/q3*+1;/p-3. The lowest BCUT2D eigenvalue weighted by Gasteiger charge is -2.36. The van der Waals surface area contributed by atoms with Gasteiger partial charge in [0.1, 0.15) is 69.5 Å². The molecule has 7 nitrogen and oxygen atoms in total. The van der Waals surface area contributed by atoms with Gasteiger partial charge in [-0.05, 0) is 172 Å². The SMILES string of the molecule is CC(C)N(C)CC[P+](c1ccccc1)(c1ccccc1)c1ccccc1.CC(C)N(C)CC[P+](c1ccccc1)(c1ccccc1)c1ccccc1.CC(C)N(C)CC[P+](c1ccccc1)(c1ccccc1)c1ccccc1.O=P([O-])([O-])[O-]. The summed E-state index contributed by atoms with van der Waals surface area (Å²) in [5.74, 6) is 0. The van der Waals surface area contributed by atoms with E-state index in [1.54, 1.807) is 0 Å². The summed E-state index contributed by atoms with van der Waals surface area (Å²) in [6.07, 6.45) is 3.46. The lowest BCUT2D eigenvalue weighted by Crippen LogP contribution is -2.38. The number of rotatable bonds is 21. The molecule has 83 heavy (non-hydrogen) atoms. The molecule has 0 bridgehead atoms. The zero-order chi connectivity index (χ0) is 59.7. The Bertz CT molecular complexity index is 2590. The average Bonchev–Trinajstić information content (AvgIpc) is 3.72. The molecule has 0 atom stereocenters. The molecule has 0 saturated carbocycles. The minimum Gasteiger partial charge on any atom is -0.822 e. The monoisotopic (exact) mass is 1180 g/mol. The van der Waals surface area contributed by atoms with E-state index in [-0.39, 0.29) is 0 Å². The summed E-state index contributed by atoms with van der Waals surface area (Å²) in [5.41, 5.74) is 0. The number of hydrogen-bond acceptors (Lipinski definition) is 7. The number of nitrogens with zero attached hydrogens (tertiary/aromatic N) is 3. The zero-order valence-electron chi connectivity index (χ0n) is 50.2. The Labute approximate surface area is 500 Å². The molecule has 0 amide bonds. The smallest absolute Gasteiger partial charge is 0.113 e. The van der Waals surface area contributed by atoms with Gasteiger partial charge in [-0.25, -0.2) is 0 Å². The molecule has 11 heteroatoms. The molecule has 0 aromatic heterocycles. The minimum atomic E-state index is -5.39. The van der Waals surface area contributed by atoms with E-state index in [9.17, 15) is 0 Å². The molecule has 434 valence electrons. The molecule has 0 N–H and O–H groups in total. The van der Waals surface area contributed by atoms with Gasteiger partial charge in [0.15, 0.2) is 0 Å². The van der Waals surface area contributed by atoms with Gasteiger partial charge in [-0.1, -0.05) is 164 Å². The maximum atomic E-state index is 8.55. The van der Waals surface area contributed by atoms with Gasteiger partial charge in [0.2, 0.25) is 0 Å². The predicted octanol–water partition coefficient (Wildman–Crippen LogP) is 10.1. The molecular formula is C72H87N3O4P4. The molecule has 0 aliphatic heterocycles. The fraction of sp³-hybridized carbons (Fsp3) is 0.250. The summed E-state index contributed by atoms with van der Waals surface area (Å²) in [7, 11) is -3.75. The second-order valence-electron chi connectivity index (χ2n) is 21.8. The van der Waals surface area contributed by atoms with Crippen LogP contribution in [-0.4, -0.2) is 92.1 Å². The first-order chi connectivity index (χ1) is 39.9. The Balaban J connectivity index is 0.000000192. The lowest BCUT2D eigenvalue weighted by molar-refractivity contribution is -0.432. The van der Waals surface area contributed by atoms with Crippen molar-refractivity contribution in [2.24, 2.45) is 0 Å². The highest BCUT2D eigenvalue weighted by Crippen LogP contribution is 2.57. The van der Waals surface area contributed by atoms with Gasteiger partial charge in [-0.3, -0.25) is 0 Å². The van der Waals surface area contributed by atoms with Gasteiger partial charge in [-0.2, -0.15) is 7.82 Å². The van der Waals surface area contributed by atoms with Crippen LogP contribution in [0.5, 0.6) is 0 Å². The van der Waals surface area contributed by atoms with E-state index in [0.29, 0.717) is 18.1 Å². The molecule has 0 saturated heterocycles. The van der Waals surface area contributed by atoms with Crippen LogP contribution in [0.15, 0.2) is 273 Å². The van der Waals surface area contributed by atoms with Gasteiger partial charge in [0.05, 0.1) is 18.5 Å². The lowest BCUT2D eigenvalue weighted by atomic mass is 10.3. The van der Waals surface area contributed by atoms with E-state index in [0.717, 1.165) is 38.1 Å². The molecule has 0 fully saturated rings. The van der Waals surface area contributed by atoms with Crippen molar-refractivity contribution >= 4 is 77.4 Å². The molecule has 0 unspecified atom stereocenters. The van der Waals surface area contributed by atoms with Gasteiger partial charge in [-0.15, -0.1) is 0 Å². The van der Waals surface area contributed by atoms with Crippen LogP contribution in [0.25, 0.3) is 0 Å². The fourth-order valence-corrected chi connectivity index (χ4v) is 23.3. The van der Waals surface area contributed by atoms with E-state index in [2.05, 4.69) is 350 Å². The summed E-state index contributed by atoms with van der Waals surface area (Å²) >= 11 is 0. The van der Waals surface area contributed by atoms with Gasteiger partial charge in [0, 0.05) is 37.8 Å². The third kappa shape index (κ3) is 18.6. The Morgan fingerprint density at radius 2 is 0.386 bits per heavy atom. The van der Waals surface area contributed by atoms with E-state index >= 15 is 0 Å². The second-order valence-corrected chi connectivity index (χ2v) is 33.5. The quantitative estimate of drug-likeness (QED) is 0.0662. The van der Waals surface area contributed by atoms with E-state index in [4.69, 9.17) is 19.2 Å². The van der Waals surface area contributed by atoms with Crippen molar-refractivity contribution in [3.05, 3.63) is 273 Å². The van der Waals surface area contributed by atoms with Crippen LogP contribution >= 0.6 is 29.6 Å². The summed E-state index contributed by atoms with van der Waals surface area (Å²) in [5, 5.41) is 13.2. The molecule has 9 aromatic carbocycles. The van der Waals surface area contributed by atoms with E-state index in [1.165, 1.54) is 47.7 Å². The first-order valence-corrected chi connectivity index (χ1v) is 36.3. The van der Waals surface area contributed by atoms with Gasteiger partial charge >= 0.3 is 0 Å². The maximum absolute atomic E-state index is 8.55. The highest BCUT2D eigenvalue weighted by Gasteiger charge is 2.47. The Kier molecular flexibility index (Phi) is 26.5. The van der Waals surface area contributed by atoms with Crippen LogP contribution < -0.4 is 62.4 Å². The van der Waals surface area contributed by atoms with Crippen LogP contribution in [0.1, 0.15) is 41.5 Å². The van der Waals surface area contributed by atoms with Crippen molar-refractivity contribution < 1.29 is 19.2 Å². The van der Waals surface area contributed by atoms with Crippen molar-refractivity contribution in [1.82, 2.24) is 14.7 Å². The Hall–Kier alpha value is -5.74. The van der Waals surface area contributed by atoms with Crippen LogP contribution in [0.3, 0.4) is 0 Å². The number of phosphoric acid groups is 1. The largest absolute Gasteiger partial charge is 0.822 e. The van der Waals surface area contributed by atoms with Crippen molar-refractivity contribution in [1.29, 1.82) is 0 Å². The van der Waals surface area contributed by atoms with Crippen LogP contribution in [0.2, 0.25) is 0 Å². The summed E-state index contributed by atoms with van der Waals surface area (Å²) < 4.78 is 8.55. The van der Waals surface area contributed by atoms with Crippen molar-refractivity contribution in [2.75, 3.05) is 59.3 Å². The maximum Gasteiger partial charge on any atom is 0.113 e. The van der Waals surface area contributed by atoms with E-state index in [1.807, 2.05) is 0 Å². The summed E-state index contributed by atoms with van der Waals surface area (Å²) in [6, 6.07) is 102. The van der Waals surface area contributed by atoms with Gasteiger partial charge < -0.3 is 33.9 Å². The van der Waals surface area contributed by atoms with E-state index < -0.39 is 29.6 Å². The predicted molar refractivity (Wildman–Crippen MR) is 361 cm³/mol. The highest BCUT2D eigenvalue weighted by molar-refractivity contribution is 7.96. The topological polar surface area (TPSA) is 96.0 Å². The van der Waals surface area contributed by atoms with Crippen molar-refractivity contribution in [3.63, 3.8) is 0 Å². The molecule has 0 spiro atoms. The first kappa shape index (κ1) is 66.4. The summed E-state index contributed by atoms with van der Waals surface area (Å²) in [6.45, 7) is 16.9. The molecule has 9 rings (SSSR count). The molecule has 0 aliphatic rings.